The third-order valence-corrected chi connectivity index (χ3v) is 4.15. The minimum Gasteiger partial charge on any atom is -0.497 e. The summed E-state index contributed by atoms with van der Waals surface area (Å²) < 4.78 is 5.33. The summed E-state index contributed by atoms with van der Waals surface area (Å²) in [5.74, 6) is 0.381. The fourth-order valence-corrected chi connectivity index (χ4v) is 2.83. The predicted octanol–water partition coefficient (Wildman–Crippen LogP) is 3.84. The smallest absolute Gasteiger partial charge is 0.264 e. The number of nitriles is 1. The Kier molecular flexibility index (Phi) is 4.76. The standard InChI is InChI=1S/C21H19N3O2/c1-24(2)21(25)15(13-22)11-18-17-12-16(26-3)9-10-19(17)23-20(18)14-7-5-4-6-8-14/h4-12,23H,1-3H3/b15-11+. The van der Waals surface area contributed by atoms with Gasteiger partial charge in [-0.05, 0) is 29.8 Å². The third-order valence-electron chi connectivity index (χ3n) is 4.15. The van der Waals surface area contributed by atoms with Crippen molar-refractivity contribution in [3.8, 4) is 23.1 Å². The summed E-state index contributed by atoms with van der Waals surface area (Å²) in [6.07, 6.45) is 1.64. The van der Waals surface area contributed by atoms with E-state index in [1.54, 1.807) is 27.3 Å². The SMILES string of the molecule is COc1ccc2[nH]c(-c3ccccc3)c(/C=C(\C#N)C(=O)N(C)C)c2c1. The molecule has 26 heavy (non-hydrogen) atoms. The van der Waals surface area contributed by atoms with Crippen LogP contribution in [0.3, 0.4) is 0 Å². The molecule has 0 spiro atoms. The van der Waals surface area contributed by atoms with E-state index in [0.29, 0.717) is 5.75 Å². The van der Waals surface area contributed by atoms with E-state index in [2.05, 4.69) is 4.98 Å². The summed E-state index contributed by atoms with van der Waals surface area (Å²) in [7, 11) is 4.87. The summed E-state index contributed by atoms with van der Waals surface area (Å²) in [6.45, 7) is 0. The Balaban J connectivity index is 2.30. The number of carbonyl (C=O) groups excluding carboxylic acids is 1. The van der Waals surface area contributed by atoms with Gasteiger partial charge in [0.1, 0.15) is 17.4 Å². The van der Waals surface area contributed by atoms with Crippen molar-refractivity contribution in [3.05, 3.63) is 59.7 Å². The number of nitrogens with one attached hydrogen (secondary N) is 1. The van der Waals surface area contributed by atoms with E-state index in [1.165, 1.54) is 4.90 Å². The van der Waals surface area contributed by atoms with Gasteiger partial charge in [-0.15, -0.1) is 0 Å². The lowest BCUT2D eigenvalue weighted by Gasteiger charge is -2.09. The second-order valence-electron chi connectivity index (χ2n) is 6.06. The average molecular weight is 345 g/mol. The number of aromatic amines is 1. The van der Waals surface area contributed by atoms with Crippen molar-refractivity contribution in [3.63, 3.8) is 0 Å². The van der Waals surface area contributed by atoms with E-state index >= 15 is 0 Å². The van der Waals surface area contributed by atoms with Crippen LogP contribution in [0.1, 0.15) is 5.56 Å². The number of benzene rings is 2. The molecule has 1 amide bonds. The molecule has 3 aromatic rings. The number of hydrogen-bond donors (Lipinski definition) is 1. The Morgan fingerprint density at radius 3 is 2.54 bits per heavy atom. The van der Waals surface area contributed by atoms with Crippen molar-refractivity contribution in [2.75, 3.05) is 21.2 Å². The topological polar surface area (TPSA) is 69.1 Å². The second-order valence-corrected chi connectivity index (χ2v) is 6.06. The molecule has 0 saturated heterocycles. The van der Waals surface area contributed by atoms with Crippen molar-refractivity contribution in [1.82, 2.24) is 9.88 Å². The summed E-state index contributed by atoms with van der Waals surface area (Å²) >= 11 is 0. The Morgan fingerprint density at radius 2 is 1.92 bits per heavy atom. The van der Waals surface area contributed by atoms with E-state index in [1.807, 2.05) is 54.6 Å². The molecule has 3 rings (SSSR count). The number of fused-ring (bicyclic) bond motifs is 1. The van der Waals surface area contributed by atoms with Gasteiger partial charge in [0.05, 0.1) is 12.8 Å². The lowest BCUT2D eigenvalue weighted by molar-refractivity contribution is -0.124. The van der Waals surface area contributed by atoms with E-state index in [-0.39, 0.29) is 11.5 Å². The molecular weight excluding hydrogens is 326 g/mol. The van der Waals surface area contributed by atoms with Crippen LogP contribution in [0.2, 0.25) is 0 Å². The number of H-pyrrole nitrogens is 1. The lowest BCUT2D eigenvalue weighted by atomic mass is 10.0. The zero-order chi connectivity index (χ0) is 18.7. The highest BCUT2D eigenvalue weighted by Gasteiger charge is 2.17. The number of rotatable bonds is 4. The van der Waals surface area contributed by atoms with Crippen molar-refractivity contribution < 1.29 is 9.53 Å². The van der Waals surface area contributed by atoms with Gasteiger partial charge in [0, 0.05) is 30.6 Å². The third kappa shape index (κ3) is 3.17. The van der Waals surface area contributed by atoms with Crippen molar-refractivity contribution in [2.45, 2.75) is 0 Å². The van der Waals surface area contributed by atoms with Crippen LogP contribution in [0.4, 0.5) is 0 Å². The highest BCUT2D eigenvalue weighted by atomic mass is 16.5. The molecule has 0 aliphatic heterocycles. The molecular formula is C21H19N3O2. The fraction of sp³-hybridized carbons (Fsp3) is 0.143. The fourth-order valence-electron chi connectivity index (χ4n) is 2.83. The first-order chi connectivity index (χ1) is 12.5. The first-order valence-corrected chi connectivity index (χ1v) is 8.13. The Labute approximate surface area is 152 Å². The number of amides is 1. The van der Waals surface area contributed by atoms with Crippen LogP contribution in [-0.4, -0.2) is 37.0 Å². The van der Waals surface area contributed by atoms with E-state index < -0.39 is 0 Å². The zero-order valence-corrected chi connectivity index (χ0v) is 14.9. The summed E-state index contributed by atoms with van der Waals surface area (Å²) in [5.41, 5.74) is 3.61. The van der Waals surface area contributed by atoms with Crippen LogP contribution in [0, 0.1) is 11.3 Å². The maximum atomic E-state index is 12.3. The molecule has 2 aromatic carbocycles. The Morgan fingerprint density at radius 1 is 1.19 bits per heavy atom. The van der Waals surface area contributed by atoms with Gasteiger partial charge in [-0.25, -0.2) is 0 Å². The quantitative estimate of drug-likeness (QED) is 0.577. The number of ether oxygens (including phenoxy) is 1. The Bertz CT molecular complexity index is 1020. The number of methoxy groups -OCH3 is 1. The minimum atomic E-state index is -0.330. The van der Waals surface area contributed by atoms with Crippen molar-refractivity contribution >= 4 is 22.9 Å². The normalized spacial score (nSPS) is 11.2. The van der Waals surface area contributed by atoms with Gasteiger partial charge >= 0.3 is 0 Å². The number of nitrogens with zero attached hydrogens (tertiary/aromatic N) is 2. The number of likely N-dealkylation sites (N-methyl/N-ethyl adjacent to an activating group) is 1. The molecule has 1 heterocycles. The van der Waals surface area contributed by atoms with E-state index in [4.69, 9.17) is 4.74 Å². The monoisotopic (exact) mass is 345 g/mol. The summed E-state index contributed by atoms with van der Waals surface area (Å²) in [6, 6.07) is 17.5. The molecule has 0 aliphatic carbocycles. The molecule has 0 aliphatic rings. The Hall–Kier alpha value is -3.52. The lowest BCUT2D eigenvalue weighted by Crippen LogP contribution is -2.22. The van der Waals surface area contributed by atoms with Gasteiger partial charge < -0.3 is 14.6 Å². The van der Waals surface area contributed by atoms with Gasteiger partial charge in [-0.3, -0.25) is 4.79 Å². The van der Waals surface area contributed by atoms with Gasteiger partial charge in [0.15, 0.2) is 0 Å². The van der Waals surface area contributed by atoms with Crippen molar-refractivity contribution in [2.24, 2.45) is 0 Å². The highest BCUT2D eigenvalue weighted by Crippen LogP contribution is 2.34. The number of carbonyl (C=O) groups is 1. The highest BCUT2D eigenvalue weighted by molar-refractivity contribution is 6.06. The van der Waals surface area contributed by atoms with Crippen LogP contribution >= 0.6 is 0 Å². The van der Waals surface area contributed by atoms with Gasteiger partial charge in [0.2, 0.25) is 0 Å². The molecule has 5 heteroatoms. The molecule has 0 unspecified atom stereocenters. The van der Waals surface area contributed by atoms with Gasteiger partial charge in [-0.2, -0.15) is 5.26 Å². The maximum absolute atomic E-state index is 12.3. The van der Waals surface area contributed by atoms with Gasteiger partial charge in [-0.1, -0.05) is 30.3 Å². The van der Waals surface area contributed by atoms with Crippen LogP contribution in [-0.2, 0) is 4.79 Å². The van der Waals surface area contributed by atoms with E-state index in [0.717, 1.165) is 27.7 Å². The number of aromatic nitrogens is 1. The molecule has 0 radical (unpaired) electrons. The largest absolute Gasteiger partial charge is 0.497 e. The molecule has 1 N–H and O–H groups in total. The van der Waals surface area contributed by atoms with Crippen LogP contribution in [0.5, 0.6) is 5.75 Å². The predicted molar refractivity (Wildman–Crippen MR) is 103 cm³/mol. The molecule has 0 atom stereocenters. The minimum absolute atomic E-state index is 0.0795. The molecule has 130 valence electrons. The summed E-state index contributed by atoms with van der Waals surface area (Å²) in [4.78, 5) is 17.1. The molecule has 1 aromatic heterocycles. The first-order valence-electron chi connectivity index (χ1n) is 8.13. The van der Waals surface area contributed by atoms with Crippen LogP contribution in [0.25, 0.3) is 28.2 Å². The van der Waals surface area contributed by atoms with Crippen LogP contribution in [0.15, 0.2) is 54.1 Å². The average Bonchev–Trinajstić information content (AvgIpc) is 3.03. The van der Waals surface area contributed by atoms with Gasteiger partial charge in [0.25, 0.3) is 5.91 Å². The molecule has 0 saturated carbocycles. The van der Waals surface area contributed by atoms with Crippen LogP contribution < -0.4 is 4.74 Å². The summed E-state index contributed by atoms with van der Waals surface area (Å²) in [5, 5.41) is 10.4. The number of hydrogen-bond acceptors (Lipinski definition) is 3. The molecule has 5 nitrogen and oxygen atoms in total. The van der Waals surface area contributed by atoms with Crippen molar-refractivity contribution in [1.29, 1.82) is 5.26 Å². The molecule has 0 fully saturated rings. The maximum Gasteiger partial charge on any atom is 0.264 e. The zero-order valence-electron chi connectivity index (χ0n) is 14.9. The second kappa shape index (κ2) is 7.16. The first kappa shape index (κ1) is 17.3. The van der Waals surface area contributed by atoms with E-state index in [9.17, 15) is 10.1 Å². The molecule has 0 bridgehead atoms.